The standard InChI is InChI=1S/C17H25NO3/c1-13-7-3-4-8-14(13)15(19)12-18-16(20)11-17(21)9-5-2-6-10-17/h3-4,7-8,15,19,21H,2,5-6,9-12H2,1H3,(H,18,20). The molecule has 21 heavy (non-hydrogen) atoms. The number of aliphatic hydroxyl groups is 2. The van der Waals surface area contributed by atoms with Crippen LogP contribution in [-0.2, 0) is 4.79 Å². The molecule has 4 nitrogen and oxygen atoms in total. The lowest BCUT2D eigenvalue weighted by Crippen LogP contribution is -2.39. The summed E-state index contributed by atoms with van der Waals surface area (Å²) in [6.45, 7) is 2.12. The lowest BCUT2D eigenvalue weighted by Gasteiger charge is -2.31. The Morgan fingerprint density at radius 3 is 2.62 bits per heavy atom. The van der Waals surface area contributed by atoms with E-state index in [1.165, 1.54) is 0 Å². The van der Waals surface area contributed by atoms with E-state index in [1.807, 2.05) is 31.2 Å². The Kier molecular flexibility index (Phi) is 5.37. The number of rotatable bonds is 5. The highest BCUT2D eigenvalue weighted by Crippen LogP contribution is 2.30. The van der Waals surface area contributed by atoms with Crippen LogP contribution in [0.25, 0.3) is 0 Å². The minimum Gasteiger partial charge on any atom is -0.389 e. The van der Waals surface area contributed by atoms with E-state index in [2.05, 4.69) is 5.32 Å². The van der Waals surface area contributed by atoms with E-state index in [0.29, 0.717) is 12.8 Å². The Bertz CT molecular complexity index is 481. The molecule has 116 valence electrons. The summed E-state index contributed by atoms with van der Waals surface area (Å²) in [7, 11) is 0. The number of carbonyl (C=O) groups excluding carboxylic acids is 1. The van der Waals surface area contributed by atoms with Crippen LogP contribution < -0.4 is 5.32 Å². The molecule has 4 heteroatoms. The van der Waals surface area contributed by atoms with Crippen LogP contribution in [0.4, 0.5) is 0 Å². The van der Waals surface area contributed by atoms with E-state index >= 15 is 0 Å². The van der Waals surface area contributed by atoms with Crippen molar-refractivity contribution in [1.29, 1.82) is 0 Å². The second-order valence-electron chi connectivity index (χ2n) is 6.14. The van der Waals surface area contributed by atoms with Gasteiger partial charge in [-0.15, -0.1) is 0 Å². The van der Waals surface area contributed by atoms with Gasteiger partial charge in [-0.3, -0.25) is 4.79 Å². The van der Waals surface area contributed by atoms with Crippen LogP contribution in [0.5, 0.6) is 0 Å². The van der Waals surface area contributed by atoms with Crippen molar-refractivity contribution in [2.24, 2.45) is 0 Å². The summed E-state index contributed by atoms with van der Waals surface area (Å²) in [6.07, 6.45) is 3.91. The van der Waals surface area contributed by atoms with Crippen LogP contribution in [0.15, 0.2) is 24.3 Å². The highest BCUT2D eigenvalue weighted by Gasteiger charge is 2.31. The molecule has 0 bridgehead atoms. The Labute approximate surface area is 126 Å². The van der Waals surface area contributed by atoms with Gasteiger partial charge < -0.3 is 15.5 Å². The van der Waals surface area contributed by atoms with Gasteiger partial charge in [-0.05, 0) is 30.9 Å². The van der Waals surface area contributed by atoms with Crippen LogP contribution in [0.3, 0.4) is 0 Å². The number of carbonyl (C=O) groups is 1. The first-order valence-electron chi connectivity index (χ1n) is 7.73. The molecular formula is C17H25NO3. The van der Waals surface area contributed by atoms with E-state index < -0.39 is 11.7 Å². The highest BCUT2D eigenvalue weighted by atomic mass is 16.3. The minimum absolute atomic E-state index is 0.132. The van der Waals surface area contributed by atoms with Gasteiger partial charge in [0, 0.05) is 6.54 Å². The predicted molar refractivity (Wildman–Crippen MR) is 81.8 cm³/mol. The summed E-state index contributed by atoms with van der Waals surface area (Å²) >= 11 is 0. The molecule has 1 aliphatic rings. The van der Waals surface area contributed by atoms with E-state index in [-0.39, 0.29) is 18.9 Å². The zero-order valence-electron chi connectivity index (χ0n) is 12.6. The molecular weight excluding hydrogens is 266 g/mol. The molecule has 3 N–H and O–H groups in total. The average molecular weight is 291 g/mol. The number of benzene rings is 1. The van der Waals surface area contributed by atoms with E-state index in [9.17, 15) is 15.0 Å². The molecule has 0 spiro atoms. The molecule has 1 aliphatic carbocycles. The first-order valence-corrected chi connectivity index (χ1v) is 7.73. The molecule has 1 aromatic rings. The average Bonchev–Trinajstić information content (AvgIpc) is 2.45. The fourth-order valence-electron chi connectivity index (χ4n) is 3.03. The first kappa shape index (κ1) is 16.0. The molecule has 0 heterocycles. The maximum Gasteiger partial charge on any atom is 0.222 e. The fourth-order valence-corrected chi connectivity index (χ4v) is 3.03. The van der Waals surface area contributed by atoms with Crippen molar-refractivity contribution >= 4 is 5.91 Å². The zero-order chi connectivity index (χ0) is 15.3. The van der Waals surface area contributed by atoms with Crippen molar-refractivity contribution in [3.63, 3.8) is 0 Å². The largest absolute Gasteiger partial charge is 0.389 e. The summed E-state index contributed by atoms with van der Waals surface area (Å²) in [5.74, 6) is -0.188. The molecule has 1 saturated carbocycles. The van der Waals surface area contributed by atoms with Gasteiger partial charge >= 0.3 is 0 Å². The molecule has 1 atom stereocenters. The monoisotopic (exact) mass is 291 g/mol. The molecule has 2 rings (SSSR count). The van der Waals surface area contributed by atoms with Crippen molar-refractivity contribution in [1.82, 2.24) is 5.32 Å². The molecule has 0 aliphatic heterocycles. The molecule has 1 aromatic carbocycles. The van der Waals surface area contributed by atoms with E-state index in [1.54, 1.807) is 0 Å². The van der Waals surface area contributed by atoms with Gasteiger partial charge in [-0.2, -0.15) is 0 Å². The smallest absolute Gasteiger partial charge is 0.222 e. The van der Waals surface area contributed by atoms with Gasteiger partial charge in [0.05, 0.1) is 18.1 Å². The number of nitrogens with one attached hydrogen (secondary N) is 1. The van der Waals surface area contributed by atoms with Crippen LogP contribution in [0.2, 0.25) is 0 Å². The third-order valence-electron chi connectivity index (χ3n) is 4.31. The number of hydrogen-bond acceptors (Lipinski definition) is 3. The Morgan fingerprint density at radius 1 is 1.29 bits per heavy atom. The molecule has 0 radical (unpaired) electrons. The number of aryl methyl sites for hydroxylation is 1. The summed E-state index contributed by atoms with van der Waals surface area (Å²) in [4.78, 5) is 12.0. The molecule has 1 unspecified atom stereocenters. The van der Waals surface area contributed by atoms with Crippen molar-refractivity contribution in [2.45, 2.75) is 57.2 Å². The second-order valence-corrected chi connectivity index (χ2v) is 6.14. The third kappa shape index (κ3) is 4.55. The van der Waals surface area contributed by atoms with Crippen LogP contribution >= 0.6 is 0 Å². The van der Waals surface area contributed by atoms with Gasteiger partial charge in [0.25, 0.3) is 0 Å². The van der Waals surface area contributed by atoms with E-state index in [0.717, 1.165) is 30.4 Å². The lowest BCUT2D eigenvalue weighted by atomic mass is 9.82. The summed E-state index contributed by atoms with van der Waals surface area (Å²) in [6, 6.07) is 7.59. The van der Waals surface area contributed by atoms with Gasteiger partial charge in [0.15, 0.2) is 0 Å². The normalized spacial score (nSPS) is 19.0. The topological polar surface area (TPSA) is 69.6 Å². The van der Waals surface area contributed by atoms with Gasteiger partial charge in [0.2, 0.25) is 5.91 Å². The Morgan fingerprint density at radius 2 is 1.95 bits per heavy atom. The first-order chi connectivity index (χ1) is 10.0. The van der Waals surface area contributed by atoms with Crippen molar-refractivity contribution in [3.8, 4) is 0 Å². The lowest BCUT2D eigenvalue weighted by molar-refractivity contribution is -0.127. The quantitative estimate of drug-likeness (QED) is 0.779. The zero-order valence-corrected chi connectivity index (χ0v) is 12.6. The fraction of sp³-hybridized carbons (Fsp3) is 0.588. The Balaban J connectivity index is 1.82. The third-order valence-corrected chi connectivity index (χ3v) is 4.31. The summed E-state index contributed by atoms with van der Waals surface area (Å²) < 4.78 is 0. The number of aliphatic hydroxyl groups excluding tert-OH is 1. The van der Waals surface area contributed by atoms with Crippen LogP contribution in [0, 0.1) is 6.92 Å². The van der Waals surface area contributed by atoms with Crippen LogP contribution in [0.1, 0.15) is 55.8 Å². The van der Waals surface area contributed by atoms with Crippen molar-refractivity contribution in [2.75, 3.05) is 6.54 Å². The van der Waals surface area contributed by atoms with E-state index in [4.69, 9.17) is 0 Å². The summed E-state index contributed by atoms with van der Waals surface area (Å²) in [5, 5.41) is 23.2. The predicted octanol–water partition coefficient (Wildman–Crippen LogP) is 2.23. The van der Waals surface area contributed by atoms with Gasteiger partial charge in [-0.25, -0.2) is 0 Å². The minimum atomic E-state index is -0.851. The van der Waals surface area contributed by atoms with Crippen LogP contribution in [-0.4, -0.2) is 28.3 Å². The Hall–Kier alpha value is -1.39. The molecule has 1 amide bonds. The SMILES string of the molecule is Cc1ccccc1C(O)CNC(=O)CC1(O)CCCCC1. The molecule has 0 saturated heterocycles. The van der Waals surface area contributed by atoms with Gasteiger partial charge in [-0.1, -0.05) is 43.5 Å². The molecule has 1 fully saturated rings. The van der Waals surface area contributed by atoms with Crippen molar-refractivity contribution in [3.05, 3.63) is 35.4 Å². The molecule has 0 aromatic heterocycles. The summed E-state index contributed by atoms with van der Waals surface area (Å²) in [5.41, 5.74) is 0.981. The maximum absolute atomic E-state index is 12.0. The number of amides is 1. The maximum atomic E-state index is 12.0. The number of hydrogen-bond donors (Lipinski definition) is 3. The van der Waals surface area contributed by atoms with Crippen molar-refractivity contribution < 1.29 is 15.0 Å². The van der Waals surface area contributed by atoms with Gasteiger partial charge in [0.1, 0.15) is 0 Å². The second kappa shape index (κ2) is 7.05. The highest BCUT2D eigenvalue weighted by molar-refractivity contribution is 5.77.